The Bertz CT molecular complexity index is 849. The summed E-state index contributed by atoms with van der Waals surface area (Å²) in [7, 11) is 1.61. The summed E-state index contributed by atoms with van der Waals surface area (Å²) in [6, 6.07) is 5.69. The molecule has 138 valence electrons. The number of fused-ring (bicyclic) bond motifs is 1. The maximum Gasteiger partial charge on any atom is 0.345 e. The Balaban J connectivity index is 1.59. The number of H-pyrrole nitrogens is 1. The number of carbonyl (C=O) groups is 1. The second kappa shape index (κ2) is 7.59. The molecule has 1 aliphatic rings. The van der Waals surface area contributed by atoms with Crippen LogP contribution in [0.2, 0.25) is 0 Å². The number of para-hydroxylation sites is 1. The van der Waals surface area contributed by atoms with Crippen LogP contribution in [0.3, 0.4) is 0 Å². The molecule has 2 N–H and O–H groups in total. The first-order valence-electron chi connectivity index (χ1n) is 8.62. The van der Waals surface area contributed by atoms with E-state index in [4.69, 9.17) is 9.47 Å². The van der Waals surface area contributed by atoms with E-state index in [9.17, 15) is 9.59 Å². The average molecular weight is 357 g/mol. The number of nitrogens with zero attached hydrogens (tertiary/aromatic N) is 1. The number of nitrogens with one attached hydrogen (secondary N) is 2. The first kappa shape index (κ1) is 18.0. The van der Waals surface area contributed by atoms with Gasteiger partial charge in [0.1, 0.15) is 6.61 Å². The van der Waals surface area contributed by atoms with Crippen LogP contribution in [0.4, 0.5) is 0 Å². The first-order chi connectivity index (χ1) is 12.5. The Morgan fingerprint density at radius 1 is 1.42 bits per heavy atom. The number of carbonyl (C=O) groups excluding carboxylic acids is 1. The Morgan fingerprint density at radius 3 is 2.96 bits per heavy atom. The third-order valence-electron chi connectivity index (χ3n) is 4.60. The van der Waals surface area contributed by atoms with Gasteiger partial charge in [-0.25, -0.2) is 4.79 Å². The highest BCUT2D eigenvalue weighted by Crippen LogP contribution is 2.34. The third kappa shape index (κ3) is 3.87. The van der Waals surface area contributed by atoms with Gasteiger partial charge in [0.05, 0.1) is 13.2 Å². The largest absolute Gasteiger partial charge is 0.493 e. The van der Waals surface area contributed by atoms with Gasteiger partial charge in [0.25, 0.3) is 0 Å². The van der Waals surface area contributed by atoms with E-state index in [1.807, 2.05) is 25.1 Å². The molecule has 1 aromatic carbocycles. The van der Waals surface area contributed by atoms with Crippen molar-refractivity contribution in [2.45, 2.75) is 39.2 Å². The summed E-state index contributed by atoms with van der Waals surface area (Å²) >= 11 is 0. The summed E-state index contributed by atoms with van der Waals surface area (Å²) in [5.74, 6) is 1.42. The van der Waals surface area contributed by atoms with Crippen molar-refractivity contribution in [1.82, 2.24) is 15.3 Å². The molecule has 2 aromatic rings. The monoisotopic (exact) mass is 357 g/mol. The molecule has 1 amide bonds. The summed E-state index contributed by atoms with van der Waals surface area (Å²) in [6.07, 6.45) is 1.57. The van der Waals surface area contributed by atoms with Crippen molar-refractivity contribution < 1.29 is 14.3 Å². The topological polar surface area (TPSA) is 93.3 Å². The van der Waals surface area contributed by atoms with E-state index in [0.29, 0.717) is 37.3 Å². The fraction of sp³-hybridized carbons (Fsp3) is 0.421. The van der Waals surface area contributed by atoms with E-state index in [1.165, 1.54) is 0 Å². The van der Waals surface area contributed by atoms with Gasteiger partial charge in [-0.1, -0.05) is 12.1 Å². The van der Waals surface area contributed by atoms with Crippen LogP contribution in [0.5, 0.6) is 11.5 Å². The Kier molecular flexibility index (Phi) is 5.25. The lowest BCUT2D eigenvalue weighted by molar-refractivity contribution is -0.122. The number of hydrogen-bond acceptors (Lipinski definition) is 5. The van der Waals surface area contributed by atoms with E-state index in [0.717, 1.165) is 22.6 Å². The molecule has 0 bridgehead atoms. The Hall–Kier alpha value is -2.83. The normalized spacial score (nSPS) is 15.7. The Morgan fingerprint density at radius 2 is 2.23 bits per heavy atom. The fourth-order valence-corrected chi connectivity index (χ4v) is 3.31. The highest BCUT2D eigenvalue weighted by Gasteiger charge is 2.23. The van der Waals surface area contributed by atoms with Crippen LogP contribution < -0.4 is 20.5 Å². The molecule has 0 radical (unpaired) electrons. The first-order valence-corrected chi connectivity index (χ1v) is 8.62. The molecule has 0 unspecified atom stereocenters. The van der Waals surface area contributed by atoms with Crippen LogP contribution in [-0.2, 0) is 17.6 Å². The standard InChI is InChI=1S/C19H23N3O4/c1-11-15(12(2)21-19(24)20-11)7-8-17(23)22-14-9-13-5-4-6-16(25-3)18(13)26-10-14/h4-6,14H,7-10H2,1-3H3,(H,22,23)(H,20,21,24)/t14-/m1/s1. The molecule has 1 atom stereocenters. The van der Waals surface area contributed by atoms with Crippen molar-refractivity contribution in [3.63, 3.8) is 0 Å². The highest BCUT2D eigenvalue weighted by atomic mass is 16.5. The van der Waals surface area contributed by atoms with Crippen molar-refractivity contribution in [1.29, 1.82) is 0 Å². The molecule has 0 spiro atoms. The average Bonchev–Trinajstić information content (AvgIpc) is 2.60. The molecule has 7 heteroatoms. The molecular weight excluding hydrogens is 334 g/mol. The lowest BCUT2D eigenvalue weighted by atomic mass is 10.0. The number of amides is 1. The van der Waals surface area contributed by atoms with Crippen molar-refractivity contribution in [2.24, 2.45) is 0 Å². The predicted molar refractivity (Wildman–Crippen MR) is 96.8 cm³/mol. The highest BCUT2D eigenvalue weighted by molar-refractivity contribution is 5.76. The quantitative estimate of drug-likeness (QED) is 0.845. The molecular formula is C19H23N3O4. The molecule has 2 heterocycles. The number of aryl methyl sites for hydroxylation is 2. The van der Waals surface area contributed by atoms with Crippen LogP contribution >= 0.6 is 0 Å². The molecule has 0 fully saturated rings. The molecule has 0 saturated carbocycles. The van der Waals surface area contributed by atoms with Crippen LogP contribution in [0, 0.1) is 13.8 Å². The molecule has 7 nitrogen and oxygen atoms in total. The van der Waals surface area contributed by atoms with E-state index >= 15 is 0 Å². The maximum absolute atomic E-state index is 12.3. The van der Waals surface area contributed by atoms with E-state index in [-0.39, 0.29) is 17.6 Å². The minimum Gasteiger partial charge on any atom is -0.493 e. The van der Waals surface area contributed by atoms with E-state index in [2.05, 4.69) is 15.3 Å². The SMILES string of the molecule is COc1cccc2c1OC[C@H](NC(=O)CCc1c(C)nc(=O)[nH]c1C)C2. The predicted octanol–water partition coefficient (Wildman–Crippen LogP) is 1.45. The van der Waals surface area contributed by atoms with Crippen LogP contribution in [0.25, 0.3) is 0 Å². The van der Waals surface area contributed by atoms with Gasteiger partial charge in [0, 0.05) is 23.4 Å². The zero-order valence-corrected chi connectivity index (χ0v) is 15.2. The molecule has 0 saturated heterocycles. The lowest BCUT2D eigenvalue weighted by Crippen LogP contribution is -2.42. The number of ether oxygens (including phenoxy) is 2. The van der Waals surface area contributed by atoms with Gasteiger partial charge in [-0.3, -0.25) is 4.79 Å². The third-order valence-corrected chi connectivity index (χ3v) is 4.60. The summed E-state index contributed by atoms with van der Waals surface area (Å²) in [5.41, 5.74) is 3.01. The van der Waals surface area contributed by atoms with Crippen LogP contribution in [0.1, 0.15) is 28.9 Å². The molecule has 0 aliphatic carbocycles. The van der Waals surface area contributed by atoms with Gasteiger partial charge in [-0.15, -0.1) is 0 Å². The number of aromatic nitrogens is 2. The van der Waals surface area contributed by atoms with E-state index < -0.39 is 0 Å². The molecule has 26 heavy (non-hydrogen) atoms. The number of rotatable bonds is 5. The summed E-state index contributed by atoms with van der Waals surface area (Å²) in [5, 5.41) is 3.02. The van der Waals surface area contributed by atoms with Gasteiger partial charge in [-0.05, 0) is 38.3 Å². The van der Waals surface area contributed by atoms with Gasteiger partial charge in [-0.2, -0.15) is 4.98 Å². The van der Waals surface area contributed by atoms with Crippen molar-refractivity contribution in [3.05, 3.63) is 51.2 Å². The second-order valence-corrected chi connectivity index (χ2v) is 6.46. The number of benzene rings is 1. The van der Waals surface area contributed by atoms with Crippen molar-refractivity contribution in [3.8, 4) is 11.5 Å². The summed E-state index contributed by atoms with van der Waals surface area (Å²) in [4.78, 5) is 30.2. The number of aromatic amines is 1. The molecule has 3 rings (SSSR count). The smallest absolute Gasteiger partial charge is 0.345 e. The van der Waals surface area contributed by atoms with Crippen molar-refractivity contribution in [2.75, 3.05) is 13.7 Å². The Labute approximate surface area is 151 Å². The van der Waals surface area contributed by atoms with Gasteiger partial charge in [0.15, 0.2) is 11.5 Å². The van der Waals surface area contributed by atoms with Crippen LogP contribution in [0.15, 0.2) is 23.0 Å². The second-order valence-electron chi connectivity index (χ2n) is 6.46. The van der Waals surface area contributed by atoms with E-state index in [1.54, 1.807) is 14.0 Å². The summed E-state index contributed by atoms with van der Waals surface area (Å²) in [6.45, 7) is 4.02. The zero-order chi connectivity index (χ0) is 18.7. The van der Waals surface area contributed by atoms with Crippen molar-refractivity contribution >= 4 is 5.91 Å². The number of hydrogen-bond donors (Lipinski definition) is 2. The van der Waals surface area contributed by atoms with Gasteiger partial charge in [0.2, 0.25) is 5.91 Å². The summed E-state index contributed by atoms with van der Waals surface area (Å²) < 4.78 is 11.1. The fourth-order valence-electron chi connectivity index (χ4n) is 3.31. The maximum atomic E-state index is 12.3. The molecule has 1 aliphatic heterocycles. The number of methoxy groups -OCH3 is 1. The molecule has 1 aromatic heterocycles. The van der Waals surface area contributed by atoms with Crippen LogP contribution in [-0.4, -0.2) is 35.6 Å². The zero-order valence-electron chi connectivity index (χ0n) is 15.2. The lowest BCUT2D eigenvalue weighted by Gasteiger charge is -2.27. The minimum absolute atomic E-state index is 0.0463. The van der Waals surface area contributed by atoms with Gasteiger partial charge >= 0.3 is 5.69 Å². The van der Waals surface area contributed by atoms with Gasteiger partial charge < -0.3 is 19.8 Å². The minimum atomic E-state index is -0.360.